The van der Waals surface area contributed by atoms with Gasteiger partial charge < -0.3 is 0 Å². The van der Waals surface area contributed by atoms with E-state index in [0.717, 1.165) is 0 Å². The average Bonchev–Trinajstić information content (AvgIpc) is 3.24. The Bertz CT molecular complexity index is 1590. The molecule has 5 heteroatoms. The van der Waals surface area contributed by atoms with Gasteiger partial charge in [-0.1, -0.05) is 0 Å². The van der Waals surface area contributed by atoms with E-state index in [0.29, 0.717) is 30.1 Å². The second-order valence-electron chi connectivity index (χ2n) is 12.4. The average molecular weight is 724 g/mol. The Hall–Kier alpha value is -1.81. The fourth-order valence-corrected chi connectivity index (χ4v) is 8.15. The van der Waals surface area contributed by atoms with E-state index in [1.54, 1.807) is 0 Å². The van der Waals surface area contributed by atoms with Crippen molar-refractivity contribution in [2.75, 3.05) is 0 Å². The summed E-state index contributed by atoms with van der Waals surface area (Å²) in [6.45, 7) is 18.2. The van der Waals surface area contributed by atoms with Crippen LogP contribution in [-0.4, -0.2) is 0 Å². The van der Waals surface area contributed by atoms with Crippen molar-refractivity contribution in [3.8, 4) is 11.1 Å². The second kappa shape index (κ2) is 12.8. The topological polar surface area (TPSA) is 47.7 Å². The van der Waals surface area contributed by atoms with Gasteiger partial charge in [-0.15, -0.1) is 34.0 Å². The van der Waals surface area contributed by atoms with Gasteiger partial charge in [-0.05, 0) is 0 Å². The fraction of sp³-hybridized carbons (Fsp3) is 0.389. The molecule has 0 spiro atoms. The molecule has 1 atom stereocenters. The summed E-state index contributed by atoms with van der Waals surface area (Å²) in [5.41, 5.74) is 11.7. The Morgan fingerprint density at radius 2 is 1.10 bits per heavy atom. The van der Waals surface area contributed by atoms with Gasteiger partial charge in [0.25, 0.3) is 0 Å². The zero-order valence-electron chi connectivity index (χ0n) is 25.5. The molecule has 0 aromatic heterocycles. The molecule has 2 N–H and O–H groups in total. The van der Waals surface area contributed by atoms with E-state index >= 15 is 0 Å². The first-order valence-electron chi connectivity index (χ1n) is 14.3. The van der Waals surface area contributed by atoms with Gasteiger partial charge in [0.2, 0.25) is 0 Å². The molecule has 0 amide bonds. The molecule has 0 fully saturated rings. The molecule has 0 saturated carbocycles. The Morgan fingerprint density at radius 3 is 1.56 bits per heavy atom. The molecule has 1 unspecified atom stereocenters. The van der Waals surface area contributed by atoms with Gasteiger partial charge in [0.1, 0.15) is 0 Å². The molecule has 0 heterocycles. The summed E-state index contributed by atoms with van der Waals surface area (Å²) in [6, 6.07) is 24.8. The minimum absolute atomic E-state index is 0. The van der Waals surface area contributed by atoms with Gasteiger partial charge in [-0.3, -0.25) is 0 Å². The first-order chi connectivity index (χ1) is 18.5. The van der Waals surface area contributed by atoms with Gasteiger partial charge in [0, 0.05) is 0 Å². The molecule has 0 bridgehead atoms. The summed E-state index contributed by atoms with van der Waals surface area (Å²) in [4.78, 5) is 0. The van der Waals surface area contributed by atoms with E-state index in [1.165, 1.54) is 60.8 Å². The summed E-state index contributed by atoms with van der Waals surface area (Å²) >= 11 is -1.53. The van der Waals surface area contributed by atoms with Crippen molar-refractivity contribution in [2.45, 2.75) is 89.9 Å². The van der Waals surface area contributed by atoms with Crippen LogP contribution in [0.3, 0.4) is 0 Å². The van der Waals surface area contributed by atoms with Gasteiger partial charge in [-0.2, -0.15) is 0 Å². The van der Waals surface area contributed by atoms with Crippen LogP contribution in [0.15, 0.2) is 66.7 Å². The number of halogens is 2. The number of hydrogen-bond acceptors (Lipinski definition) is 2. The molecule has 0 aliphatic heterocycles. The first kappa shape index (κ1) is 33.7. The number of hydrogen-bond donors (Lipinski definition) is 2. The third kappa shape index (κ3) is 5.52. The van der Waals surface area contributed by atoms with Crippen LogP contribution in [0.25, 0.3) is 21.9 Å². The van der Waals surface area contributed by atoms with Crippen molar-refractivity contribution < 1.29 is 13.0 Å². The van der Waals surface area contributed by atoms with E-state index in [4.69, 9.17) is 0 Å². The summed E-state index contributed by atoms with van der Waals surface area (Å²) in [5.74, 6) is 1.50. The quantitative estimate of drug-likeness (QED) is 0.178. The molecular weight excluding hydrogens is 679 g/mol. The molecule has 4 aromatic carbocycles. The summed E-state index contributed by atoms with van der Waals surface area (Å²) < 4.78 is 17.7. The molecule has 1 aliphatic rings. The molecule has 5 rings (SSSR count). The van der Waals surface area contributed by atoms with Crippen LogP contribution in [0.2, 0.25) is 0 Å². The van der Waals surface area contributed by atoms with E-state index in [9.17, 15) is 8.89 Å². The molecule has 223 valence electrons. The van der Waals surface area contributed by atoms with E-state index < -0.39 is 17.4 Å². The summed E-state index contributed by atoms with van der Waals surface area (Å²) in [7, 11) is 0. The van der Waals surface area contributed by atoms with Gasteiger partial charge >= 0.3 is 239 Å². The van der Waals surface area contributed by atoms with Crippen molar-refractivity contribution in [2.24, 2.45) is 0 Å². The van der Waals surface area contributed by atoms with Gasteiger partial charge in [0.15, 0.2) is 0 Å². The normalized spacial score (nSPS) is 16.4. The van der Waals surface area contributed by atoms with Crippen molar-refractivity contribution in [1.29, 1.82) is 8.89 Å². The second-order valence-corrected chi connectivity index (χ2v) is 14.0. The van der Waals surface area contributed by atoms with Crippen molar-refractivity contribution in [1.82, 2.24) is 0 Å². The van der Waals surface area contributed by atoms with Crippen molar-refractivity contribution in [3.63, 3.8) is 0 Å². The molecule has 41 heavy (non-hydrogen) atoms. The Morgan fingerprint density at radius 1 is 0.634 bits per heavy atom. The Labute approximate surface area is 271 Å². The molecule has 2 nitrogen and oxygen atoms in total. The zero-order chi connectivity index (χ0) is 28.2. The zero-order valence-corrected chi connectivity index (χ0v) is 29.9. The van der Waals surface area contributed by atoms with Crippen LogP contribution >= 0.6 is 34.0 Å². The monoisotopic (exact) mass is 721 g/mol. The van der Waals surface area contributed by atoms with E-state index in [-0.39, 0.29) is 34.0 Å². The molecule has 4 aromatic rings. The van der Waals surface area contributed by atoms with Crippen LogP contribution in [0.4, 0.5) is 0 Å². The van der Waals surface area contributed by atoms with E-state index in [2.05, 4.69) is 122 Å². The maximum absolute atomic E-state index is 9.18. The standard InChI is InChI=1S/C36H41.2BrH.2HN.Ni/c1-21(2)28-13-10-14-29(22(3)4)35(28)26-18-25-12-9-17-32-33(20-27(19-26)34(25)32)36-30(23(5)6)15-11-16-31(36)24(7)8;;;;;/h9-19,21-24H,20H2,1-8H3;4*1H;. The van der Waals surface area contributed by atoms with Crippen LogP contribution in [-0.2, 0) is 23.8 Å². The van der Waals surface area contributed by atoms with Crippen molar-refractivity contribution in [3.05, 3.63) is 106 Å². The molecule has 0 saturated heterocycles. The first-order valence-corrected chi connectivity index (χ1v) is 15.8. The van der Waals surface area contributed by atoms with Gasteiger partial charge in [-0.25, -0.2) is 0 Å². The summed E-state index contributed by atoms with van der Waals surface area (Å²) in [6.07, 6.45) is 0.712. The number of benzene rings is 4. The fourth-order valence-electron chi connectivity index (χ4n) is 6.78. The molecule has 0 radical (unpaired) electrons. The van der Waals surface area contributed by atoms with Gasteiger partial charge in [0.05, 0.1) is 0 Å². The number of rotatable bonds is 7. The molecule has 1 aliphatic carbocycles. The van der Waals surface area contributed by atoms with Crippen LogP contribution in [0, 0.1) is 8.89 Å². The Balaban J connectivity index is 0.00000231. The summed E-state index contributed by atoms with van der Waals surface area (Å²) in [5, 5.41) is 2.50. The van der Waals surface area contributed by atoms with Crippen LogP contribution in [0.5, 0.6) is 0 Å². The SMILES string of the molecule is Br.Br.CC(C)c1cccc(C(C)C)c1-c1cc2c3c(cccc3c1)[C](c1c(C(C)C)cccc1C(C)C)([Ni](=[NH])=[NH])C2. The molecular formula is C36H45Br2N2Ni. The van der Waals surface area contributed by atoms with Crippen LogP contribution < -0.4 is 0 Å². The Kier molecular flexibility index (Phi) is 10.5. The van der Waals surface area contributed by atoms with Crippen molar-refractivity contribution >= 4 is 44.7 Å². The third-order valence-corrected chi connectivity index (χ3v) is 10.1. The van der Waals surface area contributed by atoms with E-state index in [1.807, 2.05) is 0 Å². The minimum atomic E-state index is -1.53. The third-order valence-electron chi connectivity index (χ3n) is 8.58. The number of nitrogens with one attached hydrogen (secondary N) is 2. The van der Waals surface area contributed by atoms with Crippen LogP contribution in [0.1, 0.15) is 118 Å². The maximum atomic E-state index is 9.18. The predicted octanol–water partition coefficient (Wildman–Crippen LogP) is 12.1. The predicted molar refractivity (Wildman–Crippen MR) is 183 cm³/mol.